The van der Waals surface area contributed by atoms with Gasteiger partial charge in [0.1, 0.15) is 11.5 Å². The maximum Gasteiger partial charge on any atom is 0.335 e. The molecule has 2 unspecified atom stereocenters. The Morgan fingerprint density at radius 2 is 1.43 bits per heavy atom. The van der Waals surface area contributed by atoms with E-state index in [2.05, 4.69) is 64.3 Å². The number of carbonyl (C=O) groups is 3. The van der Waals surface area contributed by atoms with Gasteiger partial charge in [-0.2, -0.15) is 0 Å². The van der Waals surface area contributed by atoms with Crippen LogP contribution in [-0.2, 0) is 31.8 Å². The van der Waals surface area contributed by atoms with Gasteiger partial charge in [-0.15, -0.1) is 0 Å². The number of imidazole rings is 1. The lowest BCUT2D eigenvalue weighted by atomic mass is 9.76. The largest absolute Gasteiger partial charge is 0.495 e. The van der Waals surface area contributed by atoms with Crippen molar-refractivity contribution >= 4 is 29.0 Å². The third-order valence-corrected chi connectivity index (χ3v) is 11.0. The number of nitrogens with zero attached hydrogens (tertiary/aromatic N) is 2. The minimum absolute atomic E-state index is 0.0195. The molecule has 0 aliphatic carbocycles. The molecule has 1 heterocycles. The summed E-state index contributed by atoms with van der Waals surface area (Å²) in [6, 6.07) is 18.2. The number of rotatable bonds is 18. The SMILES string of the molecule is CCOc1c(O)n(C(C(=O)Nc2cc(NC(=O)C(CC)Oc3ccc(C(C)(C)CC)cc3C(C)(C)CC)ccc2OC)C(=O)C(C)(C)C)c(=O)n1Cc1ccccc1. The van der Waals surface area contributed by atoms with E-state index < -0.39 is 46.7 Å². The van der Waals surface area contributed by atoms with Crippen molar-refractivity contribution in [1.82, 2.24) is 9.13 Å². The zero-order valence-electron chi connectivity index (χ0n) is 36.2. The number of anilines is 2. The van der Waals surface area contributed by atoms with Crippen molar-refractivity contribution in [2.24, 2.45) is 5.41 Å². The Kier molecular flexibility index (Phi) is 14.3. The molecule has 0 saturated carbocycles. The van der Waals surface area contributed by atoms with Crippen molar-refractivity contribution < 1.29 is 33.7 Å². The highest BCUT2D eigenvalue weighted by molar-refractivity contribution is 6.11. The van der Waals surface area contributed by atoms with Crippen LogP contribution in [-0.4, -0.2) is 51.7 Å². The number of benzene rings is 3. The number of Topliss-reactive ketones (excluding diaryl/α,β-unsaturated/α-hetero) is 1. The Balaban J connectivity index is 1.69. The average Bonchev–Trinajstić information content (AvgIpc) is 3.40. The topological polar surface area (TPSA) is 150 Å². The summed E-state index contributed by atoms with van der Waals surface area (Å²) in [7, 11) is 1.42. The quantitative estimate of drug-likeness (QED) is 0.0846. The van der Waals surface area contributed by atoms with Gasteiger partial charge in [-0.3, -0.25) is 19.0 Å². The first-order chi connectivity index (χ1) is 27.2. The molecule has 12 heteroatoms. The number of carbonyl (C=O) groups excluding carboxylic acids is 3. The summed E-state index contributed by atoms with van der Waals surface area (Å²) < 4.78 is 19.7. The summed E-state index contributed by atoms with van der Waals surface area (Å²) in [6.07, 6.45) is 1.36. The highest BCUT2D eigenvalue weighted by Gasteiger charge is 2.41. The molecule has 2 atom stereocenters. The molecule has 0 fully saturated rings. The van der Waals surface area contributed by atoms with Gasteiger partial charge in [0.05, 0.1) is 25.9 Å². The Hall–Kier alpha value is -5.52. The van der Waals surface area contributed by atoms with Crippen LogP contribution in [0.4, 0.5) is 11.4 Å². The molecule has 3 aromatic carbocycles. The molecule has 0 spiro atoms. The first-order valence-electron chi connectivity index (χ1n) is 20.1. The standard InChI is InChI=1S/C46H62N4O8/c1-13-34(58-35-24-22-30(45(8,9)14-2)26-32(35)46(10,11)15-3)39(52)47-31-23-25-36(56-12)33(27-31)48-40(53)37(38(51)44(5,6)7)50-41(54)42(57-16-4)49(43(50)55)28-29-20-18-17-19-21-29/h17-27,34,37,54H,13-16,28H2,1-12H3,(H,47,52)(H,48,53). The maximum atomic E-state index is 14.3. The van der Waals surface area contributed by atoms with E-state index in [-0.39, 0.29) is 41.3 Å². The molecular weight excluding hydrogens is 737 g/mol. The second kappa shape index (κ2) is 18.4. The van der Waals surface area contributed by atoms with Crippen LogP contribution in [0.25, 0.3) is 0 Å². The van der Waals surface area contributed by atoms with Gasteiger partial charge in [0.15, 0.2) is 17.9 Å². The summed E-state index contributed by atoms with van der Waals surface area (Å²) in [5, 5.41) is 17.1. The summed E-state index contributed by atoms with van der Waals surface area (Å²) >= 11 is 0. The minimum atomic E-state index is -1.81. The molecule has 58 heavy (non-hydrogen) atoms. The lowest BCUT2D eigenvalue weighted by Crippen LogP contribution is -2.43. The van der Waals surface area contributed by atoms with Crippen molar-refractivity contribution in [1.29, 1.82) is 0 Å². The molecule has 314 valence electrons. The summed E-state index contributed by atoms with van der Waals surface area (Å²) in [5.41, 5.74) is 1.25. The van der Waals surface area contributed by atoms with E-state index in [0.29, 0.717) is 17.9 Å². The molecule has 0 radical (unpaired) electrons. The van der Waals surface area contributed by atoms with E-state index in [9.17, 15) is 24.3 Å². The van der Waals surface area contributed by atoms with E-state index >= 15 is 0 Å². The number of amides is 2. The lowest BCUT2D eigenvalue weighted by Gasteiger charge is -2.31. The number of aromatic nitrogens is 2. The fourth-order valence-corrected chi connectivity index (χ4v) is 6.47. The third-order valence-electron chi connectivity index (χ3n) is 11.0. The number of ether oxygens (including phenoxy) is 3. The number of methoxy groups -OCH3 is 1. The fraction of sp³-hybridized carbons (Fsp3) is 0.478. The van der Waals surface area contributed by atoms with Crippen LogP contribution < -0.4 is 30.5 Å². The number of hydrogen-bond donors (Lipinski definition) is 3. The van der Waals surface area contributed by atoms with Crippen molar-refractivity contribution in [2.75, 3.05) is 24.4 Å². The normalized spacial score (nSPS) is 13.0. The van der Waals surface area contributed by atoms with Crippen LogP contribution in [0, 0.1) is 5.41 Å². The zero-order valence-corrected chi connectivity index (χ0v) is 36.2. The first kappa shape index (κ1) is 45.2. The number of nitrogens with one attached hydrogen (secondary N) is 2. The predicted octanol–water partition coefficient (Wildman–Crippen LogP) is 8.78. The van der Waals surface area contributed by atoms with E-state index in [1.54, 1.807) is 39.8 Å². The van der Waals surface area contributed by atoms with Gasteiger partial charge in [-0.05, 0) is 72.4 Å². The van der Waals surface area contributed by atoms with Crippen LogP contribution in [0.1, 0.15) is 118 Å². The van der Waals surface area contributed by atoms with Gasteiger partial charge in [-0.25, -0.2) is 9.36 Å². The zero-order chi connectivity index (χ0) is 43.2. The molecule has 12 nitrogen and oxygen atoms in total. The maximum absolute atomic E-state index is 14.3. The van der Waals surface area contributed by atoms with Gasteiger partial charge >= 0.3 is 5.69 Å². The third kappa shape index (κ3) is 9.94. The Morgan fingerprint density at radius 1 is 0.793 bits per heavy atom. The monoisotopic (exact) mass is 798 g/mol. The summed E-state index contributed by atoms with van der Waals surface area (Å²) in [6.45, 7) is 21.6. The molecule has 3 N–H and O–H groups in total. The van der Waals surface area contributed by atoms with Crippen LogP contribution in [0.15, 0.2) is 71.5 Å². The molecule has 2 amide bonds. The first-order valence-corrected chi connectivity index (χ1v) is 20.1. The van der Waals surface area contributed by atoms with Crippen molar-refractivity contribution in [3.63, 3.8) is 0 Å². The van der Waals surface area contributed by atoms with Gasteiger partial charge in [0.25, 0.3) is 23.6 Å². The Morgan fingerprint density at radius 3 is 2.00 bits per heavy atom. The lowest BCUT2D eigenvalue weighted by molar-refractivity contribution is -0.135. The summed E-state index contributed by atoms with van der Waals surface area (Å²) in [4.78, 5) is 56.3. The molecule has 0 saturated heterocycles. The van der Waals surface area contributed by atoms with Crippen molar-refractivity contribution in [3.8, 4) is 23.3 Å². The van der Waals surface area contributed by atoms with Crippen LogP contribution >= 0.6 is 0 Å². The molecule has 0 aliphatic heterocycles. The molecule has 4 rings (SSSR count). The number of ketones is 1. The Bertz CT molecular complexity index is 2140. The van der Waals surface area contributed by atoms with Crippen LogP contribution in [0.2, 0.25) is 0 Å². The van der Waals surface area contributed by atoms with E-state index in [0.717, 1.165) is 28.5 Å². The molecule has 1 aromatic heterocycles. The highest BCUT2D eigenvalue weighted by Crippen LogP contribution is 2.40. The van der Waals surface area contributed by atoms with Gasteiger partial charge < -0.3 is 30.0 Å². The van der Waals surface area contributed by atoms with Crippen LogP contribution in [0.3, 0.4) is 0 Å². The predicted molar refractivity (Wildman–Crippen MR) is 229 cm³/mol. The van der Waals surface area contributed by atoms with Crippen molar-refractivity contribution in [3.05, 3.63) is 93.9 Å². The Labute approximate surface area is 342 Å². The number of aromatic hydroxyl groups is 1. The molecular formula is C46H62N4O8. The number of hydrogen-bond acceptors (Lipinski definition) is 8. The van der Waals surface area contributed by atoms with Gasteiger partial charge in [0.2, 0.25) is 0 Å². The van der Waals surface area contributed by atoms with Gasteiger partial charge in [0, 0.05) is 16.7 Å². The van der Waals surface area contributed by atoms with E-state index in [4.69, 9.17) is 14.2 Å². The van der Waals surface area contributed by atoms with Gasteiger partial charge in [-0.1, -0.05) is 112 Å². The smallest absolute Gasteiger partial charge is 0.335 e. The second-order valence-electron chi connectivity index (χ2n) is 16.9. The van der Waals surface area contributed by atoms with Crippen molar-refractivity contribution in [2.45, 2.75) is 125 Å². The van der Waals surface area contributed by atoms with Crippen LogP contribution in [0.5, 0.6) is 23.3 Å². The summed E-state index contributed by atoms with van der Waals surface area (Å²) in [5.74, 6) is -1.90. The second-order valence-corrected chi connectivity index (χ2v) is 16.9. The van der Waals surface area contributed by atoms with E-state index in [1.165, 1.54) is 23.3 Å². The average molecular weight is 799 g/mol. The fourth-order valence-electron chi connectivity index (χ4n) is 6.47. The molecule has 4 aromatic rings. The molecule has 0 aliphatic rings. The molecule has 0 bridgehead atoms. The minimum Gasteiger partial charge on any atom is -0.495 e. The highest BCUT2D eigenvalue weighted by atomic mass is 16.5. The van der Waals surface area contributed by atoms with E-state index in [1.807, 2.05) is 43.3 Å².